The number of carbonyl (C=O) groups excluding carboxylic acids is 3. The highest BCUT2D eigenvalue weighted by Gasteiger charge is 2.20. The molecule has 1 rings (SSSR count). The second-order valence-electron chi connectivity index (χ2n) is 5.03. The smallest absolute Gasteiger partial charge is 0.305 e. The summed E-state index contributed by atoms with van der Waals surface area (Å²) in [6, 6.07) is 0. The fraction of sp³-hybridized carbons (Fsp3) is 0.786. The highest BCUT2D eigenvalue weighted by atomic mass is 16.5. The van der Waals surface area contributed by atoms with Crippen LogP contribution in [0.1, 0.15) is 32.6 Å². The summed E-state index contributed by atoms with van der Waals surface area (Å²) in [4.78, 5) is 35.6. The van der Waals surface area contributed by atoms with E-state index in [1.54, 1.807) is 6.92 Å². The zero-order valence-electron chi connectivity index (χ0n) is 12.1. The van der Waals surface area contributed by atoms with E-state index < -0.39 is 0 Å². The van der Waals surface area contributed by atoms with Gasteiger partial charge in [0, 0.05) is 25.4 Å². The lowest BCUT2D eigenvalue weighted by molar-refractivity contribution is -0.143. The quantitative estimate of drug-likeness (QED) is 0.395. The minimum Gasteiger partial charge on any atom is -0.466 e. The van der Waals surface area contributed by atoms with E-state index in [-0.39, 0.29) is 17.8 Å². The van der Waals surface area contributed by atoms with Crippen molar-refractivity contribution in [1.82, 2.24) is 10.2 Å². The molecule has 6 nitrogen and oxygen atoms in total. The average molecular weight is 284 g/mol. The molecule has 1 unspecified atom stereocenters. The van der Waals surface area contributed by atoms with Gasteiger partial charge in [-0.15, -0.1) is 0 Å². The summed E-state index contributed by atoms with van der Waals surface area (Å²) < 4.78 is 4.80. The number of ether oxygens (including phenoxy) is 1. The number of hydrogen-bond acceptors (Lipinski definition) is 5. The molecule has 0 aromatic carbocycles. The zero-order chi connectivity index (χ0) is 14.8. The summed E-state index contributed by atoms with van der Waals surface area (Å²) in [6.45, 7) is 4.48. The maximum atomic E-state index is 11.7. The Morgan fingerprint density at radius 1 is 1.45 bits per heavy atom. The summed E-state index contributed by atoms with van der Waals surface area (Å²) in [6.07, 6.45) is 3.76. The lowest BCUT2D eigenvalue weighted by Gasteiger charge is -2.29. The molecule has 1 saturated heterocycles. The first kappa shape index (κ1) is 16.6. The van der Waals surface area contributed by atoms with Crippen molar-refractivity contribution in [3.8, 4) is 0 Å². The highest BCUT2D eigenvalue weighted by molar-refractivity contribution is 5.78. The second-order valence-corrected chi connectivity index (χ2v) is 5.03. The Balaban J connectivity index is 2.11. The van der Waals surface area contributed by atoms with Crippen molar-refractivity contribution >= 4 is 18.2 Å². The van der Waals surface area contributed by atoms with Gasteiger partial charge in [-0.25, -0.2) is 0 Å². The van der Waals surface area contributed by atoms with Gasteiger partial charge in [0.15, 0.2) is 0 Å². The molecular formula is C14H24N2O4. The van der Waals surface area contributed by atoms with Gasteiger partial charge in [0.05, 0.1) is 13.2 Å². The van der Waals surface area contributed by atoms with Crippen LogP contribution in [-0.4, -0.2) is 55.8 Å². The van der Waals surface area contributed by atoms with Crippen LogP contribution in [0.3, 0.4) is 0 Å². The van der Waals surface area contributed by atoms with Crippen molar-refractivity contribution in [3.63, 3.8) is 0 Å². The Hall–Kier alpha value is -1.43. The van der Waals surface area contributed by atoms with Crippen LogP contribution in [0.25, 0.3) is 0 Å². The molecule has 1 N–H and O–H groups in total. The van der Waals surface area contributed by atoms with Gasteiger partial charge in [-0.1, -0.05) is 0 Å². The summed E-state index contributed by atoms with van der Waals surface area (Å²) in [5, 5.41) is 2.78. The number of nitrogens with one attached hydrogen (secondary N) is 1. The Bertz CT molecular complexity index is 333. The van der Waals surface area contributed by atoms with Crippen LogP contribution >= 0.6 is 0 Å². The van der Waals surface area contributed by atoms with E-state index in [2.05, 4.69) is 5.32 Å². The van der Waals surface area contributed by atoms with E-state index >= 15 is 0 Å². The van der Waals surface area contributed by atoms with E-state index in [0.29, 0.717) is 39.1 Å². The molecule has 1 heterocycles. The zero-order valence-corrected chi connectivity index (χ0v) is 12.1. The maximum Gasteiger partial charge on any atom is 0.305 e. The number of nitrogens with zero attached hydrogens (tertiary/aromatic N) is 1. The molecule has 0 bridgehead atoms. The number of likely N-dealkylation sites (tertiary alicyclic amines) is 1. The molecule has 0 aromatic heterocycles. The molecule has 1 atom stereocenters. The summed E-state index contributed by atoms with van der Waals surface area (Å²) >= 11 is 0. The minimum atomic E-state index is -0.230. The number of carbonyl (C=O) groups is 3. The maximum absolute atomic E-state index is 11.7. The molecule has 20 heavy (non-hydrogen) atoms. The van der Waals surface area contributed by atoms with Crippen molar-refractivity contribution in [3.05, 3.63) is 0 Å². The van der Waals surface area contributed by atoms with Crippen LogP contribution in [-0.2, 0) is 19.1 Å². The van der Waals surface area contributed by atoms with E-state index in [4.69, 9.17) is 4.74 Å². The lowest BCUT2D eigenvalue weighted by Crippen LogP contribution is -2.43. The Kier molecular flexibility index (Phi) is 7.87. The van der Waals surface area contributed by atoms with Gasteiger partial charge < -0.3 is 14.8 Å². The van der Waals surface area contributed by atoms with Gasteiger partial charge in [-0.2, -0.15) is 0 Å². The predicted molar refractivity (Wildman–Crippen MR) is 74.1 cm³/mol. The molecule has 0 aromatic rings. The van der Waals surface area contributed by atoms with Crippen molar-refractivity contribution in [1.29, 1.82) is 0 Å². The highest BCUT2D eigenvalue weighted by Crippen LogP contribution is 2.13. The van der Waals surface area contributed by atoms with Crippen molar-refractivity contribution in [2.75, 3.05) is 32.8 Å². The topological polar surface area (TPSA) is 75.7 Å². The molecule has 0 radical (unpaired) electrons. The number of piperidine rings is 1. The number of esters is 1. The first-order valence-corrected chi connectivity index (χ1v) is 7.25. The van der Waals surface area contributed by atoms with Gasteiger partial charge in [0.1, 0.15) is 6.29 Å². The third-order valence-electron chi connectivity index (χ3n) is 3.29. The molecule has 1 amide bonds. The Morgan fingerprint density at radius 3 is 2.95 bits per heavy atom. The number of aldehydes is 1. The number of amides is 1. The van der Waals surface area contributed by atoms with E-state index in [9.17, 15) is 14.4 Å². The van der Waals surface area contributed by atoms with Crippen molar-refractivity contribution < 1.29 is 19.1 Å². The molecule has 114 valence electrons. The first-order chi connectivity index (χ1) is 9.65. The van der Waals surface area contributed by atoms with Crippen LogP contribution in [0.15, 0.2) is 0 Å². The summed E-state index contributed by atoms with van der Waals surface area (Å²) in [5.74, 6) is -0.229. The molecule has 0 aliphatic carbocycles. The molecule has 6 heteroatoms. The molecule has 1 aliphatic rings. The monoisotopic (exact) mass is 284 g/mol. The lowest BCUT2D eigenvalue weighted by atomic mass is 10.00. The van der Waals surface area contributed by atoms with E-state index in [1.807, 2.05) is 4.90 Å². The molecule has 0 spiro atoms. The van der Waals surface area contributed by atoms with E-state index in [0.717, 1.165) is 25.7 Å². The van der Waals surface area contributed by atoms with Gasteiger partial charge in [-0.05, 0) is 32.7 Å². The van der Waals surface area contributed by atoms with Crippen molar-refractivity contribution in [2.24, 2.45) is 5.92 Å². The third kappa shape index (κ3) is 6.65. The van der Waals surface area contributed by atoms with Crippen LogP contribution in [0.5, 0.6) is 0 Å². The largest absolute Gasteiger partial charge is 0.466 e. The normalized spacial score (nSPS) is 19.4. The SMILES string of the molecule is CCOC(=O)CCCNC(=O)CN1CCCC(C=O)C1. The van der Waals surface area contributed by atoms with E-state index in [1.165, 1.54) is 0 Å². The Morgan fingerprint density at radius 2 is 2.25 bits per heavy atom. The summed E-state index contributed by atoms with van der Waals surface area (Å²) in [5.41, 5.74) is 0. The standard InChI is InChI=1S/C14H24N2O4/c1-2-20-14(19)6-3-7-15-13(18)10-16-8-4-5-12(9-16)11-17/h11-12H,2-10H2,1H3,(H,15,18). The molecule has 1 aliphatic heterocycles. The van der Waals surface area contributed by atoms with Gasteiger partial charge in [-0.3, -0.25) is 14.5 Å². The number of rotatable bonds is 8. The second kappa shape index (κ2) is 9.47. The number of hydrogen-bond donors (Lipinski definition) is 1. The average Bonchev–Trinajstić information content (AvgIpc) is 2.44. The van der Waals surface area contributed by atoms with Crippen LogP contribution in [0.2, 0.25) is 0 Å². The van der Waals surface area contributed by atoms with Crippen molar-refractivity contribution in [2.45, 2.75) is 32.6 Å². The molecule has 0 saturated carbocycles. The van der Waals surface area contributed by atoms with Crippen LogP contribution < -0.4 is 5.32 Å². The fourth-order valence-electron chi connectivity index (χ4n) is 2.30. The Labute approximate surface area is 119 Å². The predicted octanol–water partition coefficient (Wildman–Crippen LogP) is 0.357. The minimum absolute atomic E-state index is 0.0552. The first-order valence-electron chi connectivity index (χ1n) is 7.25. The van der Waals surface area contributed by atoms with Crippen LogP contribution in [0, 0.1) is 5.92 Å². The fourth-order valence-corrected chi connectivity index (χ4v) is 2.30. The van der Waals surface area contributed by atoms with Gasteiger partial charge in [0.25, 0.3) is 0 Å². The third-order valence-corrected chi connectivity index (χ3v) is 3.29. The van der Waals surface area contributed by atoms with Gasteiger partial charge >= 0.3 is 5.97 Å². The van der Waals surface area contributed by atoms with Crippen LogP contribution in [0.4, 0.5) is 0 Å². The summed E-state index contributed by atoms with van der Waals surface area (Å²) in [7, 11) is 0. The van der Waals surface area contributed by atoms with Gasteiger partial charge in [0.2, 0.25) is 5.91 Å². The molecular weight excluding hydrogens is 260 g/mol. The molecule has 1 fully saturated rings.